The van der Waals surface area contributed by atoms with E-state index in [1.807, 2.05) is 18.2 Å². The number of benzene rings is 1. The molecule has 6 heteroatoms. The molecule has 2 amide bonds. The van der Waals surface area contributed by atoms with E-state index in [1.54, 1.807) is 12.1 Å². The van der Waals surface area contributed by atoms with Crippen LogP contribution >= 0.6 is 0 Å². The van der Waals surface area contributed by atoms with Crippen LogP contribution in [-0.2, 0) is 20.9 Å². The van der Waals surface area contributed by atoms with E-state index < -0.39 is 23.9 Å². The van der Waals surface area contributed by atoms with Crippen molar-refractivity contribution in [1.29, 1.82) is 0 Å². The van der Waals surface area contributed by atoms with Crippen LogP contribution in [0.5, 0.6) is 0 Å². The zero-order valence-electron chi connectivity index (χ0n) is 10.1. The minimum absolute atomic E-state index is 0.0409. The molecule has 0 aromatic heterocycles. The quantitative estimate of drug-likeness (QED) is 0.655. The van der Waals surface area contributed by atoms with Gasteiger partial charge < -0.3 is 9.84 Å². The molecule has 2 rings (SSSR count). The van der Waals surface area contributed by atoms with Gasteiger partial charge in [-0.3, -0.25) is 9.59 Å². The van der Waals surface area contributed by atoms with Gasteiger partial charge in [-0.15, -0.1) is 0 Å². The normalized spacial score (nSPS) is 18.4. The molecule has 19 heavy (non-hydrogen) atoms. The molecule has 1 N–H and O–H groups in total. The summed E-state index contributed by atoms with van der Waals surface area (Å²) in [4.78, 5) is 34.7. The summed E-state index contributed by atoms with van der Waals surface area (Å²) in [5.41, 5.74) is 0.816. The number of carbonyl (C=O) groups excluding carboxylic acids is 2. The van der Waals surface area contributed by atoms with E-state index in [9.17, 15) is 14.4 Å². The summed E-state index contributed by atoms with van der Waals surface area (Å²) < 4.78 is 5.03. The molecule has 1 aliphatic heterocycles. The molecule has 0 saturated carbocycles. The Morgan fingerprint density at radius 3 is 2.58 bits per heavy atom. The molecular weight excluding hydrogens is 250 g/mol. The number of imide groups is 1. The van der Waals surface area contributed by atoms with Gasteiger partial charge >= 0.3 is 12.1 Å². The zero-order chi connectivity index (χ0) is 13.8. The maximum Gasteiger partial charge on any atom is 0.414 e. The number of hydrogen-bond donors (Lipinski definition) is 1. The zero-order valence-corrected chi connectivity index (χ0v) is 10.1. The molecule has 6 nitrogen and oxygen atoms in total. The molecule has 0 spiro atoms. The Morgan fingerprint density at radius 1 is 1.32 bits per heavy atom. The number of hydrogen-bond acceptors (Lipinski definition) is 4. The molecule has 0 bridgehead atoms. The summed E-state index contributed by atoms with van der Waals surface area (Å²) in [6, 6.07) is 9.07. The summed E-state index contributed by atoms with van der Waals surface area (Å²) in [5, 5.41) is 8.74. The van der Waals surface area contributed by atoms with Gasteiger partial charge in [0.1, 0.15) is 12.5 Å². The third-order valence-corrected chi connectivity index (χ3v) is 2.94. The van der Waals surface area contributed by atoms with Crippen molar-refractivity contribution in [1.82, 2.24) is 4.90 Å². The van der Waals surface area contributed by atoms with Crippen LogP contribution in [0.1, 0.15) is 12.0 Å². The fourth-order valence-electron chi connectivity index (χ4n) is 1.92. The van der Waals surface area contributed by atoms with Crippen LogP contribution in [-0.4, -0.2) is 34.5 Å². The maximum atomic E-state index is 11.7. The largest absolute Gasteiger partial charge is 0.465 e. The number of carbonyl (C=O) groups is 3. The van der Waals surface area contributed by atoms with E-state index in [1.165, 1.54) is 0 Å². The Bertz CT molecular complexity index is 499. The highest BCUT2D eigenvalue weighted by Gasteiger charge is 2.41. The van der Waals surface area contributed by atoms with Crippen LogP contribution < -0.4 is 0 Å². The van der Waals surface area contributed by atoms with Crippen molar-refractivity contribution >= 4 is 18.0 Å². The second-order valence-corrected chi connectivity index (χ2v) is 4.21. The topological polar surface area (TPSA) is 83.9 Å². The van der Waals surface area contributed by atoms with Gasteiger partial charge in [0.05, 0.1) is 0 Å². The number of likely N-dealkylation sites (tertiary alicyclic amines) is 1. The lowest BCUT2D eigenvalue weighted by molar-refractivity contribution is -0.153. The molecule has 0 radical (unpaired) electrons. The van der Waals surface area contributed by atoms with Crippen LogP contribution in [0.2, 0.25) is 0 Å². The average molecular weight is 263 g/mol. The monoisotopic (exact) mass is 263 g/mol. The lowest BCUT2D eigenvalue weighted by Crippen LogP contribution is -2.34. The second kappa shape index (κ2) is 5.51. The molecule has 1 atom stereocenters. The molecule has 100 valence electrons. The number of rotatable bonds is 3. The number of nitrogens with zero attached hydrogens (tertiary/aromatic N) is 1. The van der Waals surface area contributed by atoms with E-state index in [4.69, 9.17) is 9.84 Å². The highest BCUT2D eigenvalue weighted by Crippen LogP contribution is 2.20. The van der Waals surface area contributed by atoms with E-state index >= 15 is 0 Å². The summed E-state index contributed by atoms with van der Waals surface area (Å²) in [6.45, 7) is 0.121. The van der Waals surface area contributed by atoms with Crippen molar-refractivity contribution in [3.05, 3.63) is 35.9 Å². The van der Waals surface area contributed by atoms with Crippen molar-refractivity contribution in [2.75, 3.05) is 6.54 Å². The first-order chi connectivity index (χ1) is 9.09. The SMILES string of the molecule is O=C(OCc1ccccc1)C1CCN(C(=O)O)C1=O. The van der Waals surface area contributed by atoms with E-state index in [2.05, 4.69) is 0 Å². The van der Waals surface area contributed by atoms with E-state index in [-0.39, 0.29) is 19.6 Å². The fraction of sp³-hybridized carbons (Fsp3) is 0.308. The maximum absolute atomic E-state index is 11.7. The van der Waals surface area contributed by atoms with Gasteiger partial charge in [0, 0.05) is 6.54 Å². The van der Waals surface area contributed by atoms with Crippen molar-refractivity contribution in [2.24, 2.45) is 5.92 Å². The number of ether oxygens (including phenoxy) is 1. The van der Waals surface area contributed by atoms with Crippen LogP contribution in [0, 0.1) is 5.92 Å². The van der Waals surface area contributed by atoms with Crippen LogP contribution in [0.3, 0.4) is 0 Å². The minimum Gasteiger partial charge on any atom is -0.465 e. The van der Waals surface area contributed by atoms with Crippen molar-refractivity contribution in [3.63, 3.8) is 0 Å². The second-order valence-electron chi connectivity index (χ2n) is 4.21. The van der Waals surface area contributed by atoms with Gasteiger partial charge in [-0.1, -0.05) is 30.3 Å². The van der Waals surface area contributed by atoms with Crippen molar-refractivity contribution in [2.45, 2.75) is 13.0 Å². The molecule has 1 heterocycles. The Hall–Kier alpha value is -2.37. The standard InChI is InChI=1S/C13H13NO5/c15-11-10(6-7-14(11)13(17)18)12(16)19-8-9-4-2-1-3-5-9/h1-5,10H,6-8H2,(H,17,18). The van der Waals surface area contributed by atoms with E-state index in [0.717, 1.165) is 5.56 Å². The molecule has 1 saturated heterocycles. The summed E-state index contributed by atoms with van der Waals surface area (Å²) in [6.07, 6.45) is -1.15. The summed E-state index contributed by atoms with van der Waals surface area (Å²) in [5.74, 6) is -2.37. The first kappa shape index (κ1) is 13.1. The van der Waals surface area contributed by atoms with E-state index in [0.29, 0.717) is 4.90 Å². The Balaban J connectivity index is 1.91. The first-order valence-corrected chi connectivity index (χ1v) is 5.84. The van der Waals surface area contributed by atoms with Crippen molar-refractivity contribution in [3.8, 4) is 0 Å². The number of esters is 1. The fourth-order valence-corrected chi connectivity index (χ4v) is 1.92. The first-order valence-electron chi connectivity index (χ1n) is 5.84. The minimum atomic E-state index is -1.33. The third kappa shape index (κ3) is 2.90. The highest BCUT2D eigenvalue weighted by molar-refractivity contribution is 6.04. The molecule has 1 unspecified atom stereocenters. The van der Waals surface area contributed by atoms with Crippen molar-refractivity contribution < 1.29 is 24.2 Å². The predicted molar refractivity (Wildman–Crippen MR) is 64.1 cm³/mol. The smallest absolute Gasteiger partial charge is 0.414 e. The van der Waals surface area contributed by atoms with Gasteiger partial charge in [0.25, 0.3) is 0 Å². The molecule has 1 aromatic carbocycles. The number of carboxylic acid groups (broad SMARTS) is 1. The van der Waals surface area contributed by atoms with Crippen LogP contribution in [0.15, 0.2) is 30.3 Å². The molecule has 1 fully saturated rings. The van der Waals surface area contributed by atoms with Crippen LogP contribution in [0.4, 0.5) is 4.79 Å². The number of amides is 2. The van der Waals surface area contributed by atoms with Gasteiger partial charge in [0.15, 0.2) is 0 Å². The molecular formula is C13H13NO5. The Labute approximate surface area is 109 Å². The predicted octanol–water partition coefficient (Wildman–Crippen LogP) is 1.26. The van der Waals surface area contributed by atoms with Gasteiger partial charge in [-0.05, 0) is 12.0 Å². The molecule has 1 aromatic rings. The Morgan fingerprint density at radius 2 is 2.00 bits per heavy atom. The van der Waals surface area contributed by atoms with Gasteiger partial charge in [0.2, 0.25) is 5.91 Å². The van der Waals surface area contributed by atoms with Gasteiger partial charge in [-0.25, -0.2) is 9.69 Å². The van der Waals surface area contributed by atoms with Crippen LogP contribution in [0.25, 0.3) is 0 Å². The molecule has 0 aliphatic carbocycles. The average Bonchev–Trinajstić information content (AvgIpc) is 2.79. The Kier molecular flexibility index (Phi) is 3.79. The lowest BCUT2D eigenvalue weighted by Gasteiger charge is -2.10. The highest BCUT2D eigenvalue weighted by atomic mass is 16.5. The third-order valence-electron chi connectivity index (χ3n) is 2.94. The summed E-state index contributed by atoms with van der Waals surface area (Å²) in [7, 11) is 0. The summed E-state index contributed by atoms with van der Waals surface area (Å²) >= 11 is 0. The lowest BCUT2D eigenvalue weighted by atomic mass is 10.1. The van der Waals surface area contributed by atoms with Gasteiger partial charge in [-0.2, -0.15) is 0 Å². The molecule has 1 aliphatic rings.